The van der Waals surface area contributed by atoms with Gasteiger partial charge in [0.25, 0.3) is 0 Å². The topological polar surface area (TPSA) is 12.0 Å². The zero-order valence-electron chi connectivity index (χ0n) is 12.2. The highest BCUT2D eigenvalue weighted by molar-refractivity contribution is 8.00. The first-order valence-corrected chi connectivity index (χ1v) is 7.96. The van der Waals surface area contributed by atoms with Gasteiger partial charge in [-0.15, -0.1) is 11.8 Å². The van der Waals surface area contributed by atoms with Crippen molar-refractivity contribution in [2.24, 2.45) is 5.92 Å². The number of hydrogen-bond donors (Lipinski definition) is 1. The maximum atomic E-state index is 3.67. The average Bonchev–Trinajstić information content (AvgIpc) is 2.34. The van der Waals surface area contributed by atoms with Gasteiger partial charge in [-0.05, 0) is 35.6 Å². The van der Waals surface area contributed by atoms with Crippen molar-refractivity contribution in [1.82, 2.24) is 5.32 Å². The molecule has 1 aliphatic heterocycles. The average molecular weight is 263 g/mol. The van der Waals surface area contributed by atoms with E-state index in [1.807, 2.05) is 11.8 Å². The van der Waals surface area contributed by atoms with Gasteiger partial charge in [0.05, 0.1) is 0 Å². The van der Waals surface area contributed by atoms with Crippen molar-refractivity contribution >= 4 is 11.8 Å². The molecule has 1 aromatic carbocycles. The van der Waals surface area contributed by atoms with Crippen LogP contribution in [0.2, 0.25) is 0 Å². The maximum Gasteiger partial charge on any atom is 0.0367 e. The van der Waals surface area contributed by atoms with Crippen LogP contribution in [-0.4, -0.2) is 11.8 Å². The van der Waals surface area contributed by atoms with Crippen molar-refractivity contribution in [2.45, 2.75) is 56.7 Å². The lowest BCUT2D eigenvalue weighted by Crippen LogP contribution is -2.34. The van der Waals surface area contributed by atoms with E-state index in [2.05, 4.69) is 58.1 Å². The lowest BCUT2D eigenvalue weighted by Gasteiger charge is -2.36. The number of fused-ring (bicyclic) bond motifs is 1. The molecule has 0 spiro atoms. The Balaban J connectivity index is 2.41. The third-order valence-electron chi connectivity index (χ3n) is 4.04. The van der Waals surface area contributed by atoms with E-state index in [4.69, 9.17) is 0 Å². The van der Waals surface area contributed by atoms with Crippen LogP contribution in [0.15, 0.2) is 23.1 Å². The van der Waals surface area contributed by atoms with E-state index in [-0.39, 0.29) is 0 Å². The van der Waals surface area contributed by atoms with E-state index >= 15 is 0 Å². The molecule has 1 aromatic rings. The second-order valence-electron chi connectivity index (χ2n) is 5.67. The predicted octanol–water partition coefficient (Wildman–Crippen LogP) is 4.59. The second-order valence-corrected chi connectivity index (χ2v) is 7.09. The van der Waals surface area contributed by atoms with Crippen molar-refractivity contribution in [3.05, 3.63) is 29.3 Å². The van der Waals surface area contributed by atoms with Crippen LogP contribution in [0.3, 0.4) is 0 Å². The number of nitrogens with one attached hydrogen (secondary N) is 1. The smallest absolute Gasteiger partial charge is 0.0367 e. The summed E-state index contributed by atoms with van der Waals surface area (Å²) < 4.78 is 0. The Morgan fingerprint density at radius 2 is 2.00 bits per heavy atom. The molecule has 0 fully saturated rings. The molecule has 1 heterocycles. The molecule has 100 valence electrons. The molecule has 2 heteroatoms. The van der Waals surface area contributed by atoms with Crippen LogP contribution in [-0.2, 0) is 0 Å². The Hall–Kier alpha value is -0.470. The van der Waals surface area contributed by atoms with E-state index in [0.29, 0.717) is 23.1 Å². The highest BCUT2D eigenvalue weighted by atomic mass is 32.2. The van der Waals surface area contributed by atoms with Crippen LogP contribution in [0.25, 0.3) is 0 Å². The van der Waals surface area contributed by atoms with E-state index in [9.17, 15) is 0 Å². The fourth-order valence-corrected chi connectivity index (χ4v) is 3.89. The number of thioether (sulfide) groups is 1. The summed E-state index contributed by atoms with van der Waals surface area (Å²) in [5.41, 5.74) is 2.97. The van der Waals surface area contributed by atoms with Crippen LogP contribution in [0.1, 0.15) is 57.7 Å². The van der Waals surface area contributed by atoms with Crippen LogP contribution < -0.4 is 5.32 Å². The fourth-order valence-electron chi connectivity index (χ4n) is 2.65. The van der Waals surface area contributed by atoms with Gasteiger partial charge in [0.2, 0.25) is 0 Å². The van der Waals surface area contributed by atoms with Gasteiger partial charge in [-0.25, -0.2) is 0 Å². The molecular weight excluding hydrogens is 238 g/mol. The second kappa shape index (κ2) is 5.66. The Labute approximate surface area is 116 Å². The van der Waals surface area contributed by atoms with Gasteiger partial charge in [0.15, 0.2) is 0 Å². The summed E-state index contributed by atoms with van der Waals surface area (Å²) >= 11 is 2.03. The largest absolute Gasteiger partial charge is 0.310 e. The quantitative estimate of drug-likeness (QED) is 0.856. The maximum absolute atomic E-state index is 3.67. The van der Waals surface area contributed by atoms with Crippen molar-refractivity contribution in [3.8, 4) is 0 Å². The molecule has 0 aliphatic carbocycles. The molecule has 1 N–H and O–H groups in total. The Morgan fingerprint density at radius 3 is 2.61 bits per heavy atom. The Morgan fingerprint density at radius 1 is 1.28 bits per heavy atom. The molecule has 3 unspecified atom stereocenters. The van der Waals surface area contributed by atoms with E-state index in [1.165, 1.54) is 16.0 Å². The molecular formula is C16H25NS. The van der Waals surface area contributed by atoms with Gasteiger partial charge in [-0.2, -0.15) is 0 Å². The summed E-state index contributed by atoms with van der Waals surface area (Å²) in [7, 11) is 0. The summed E-state index contributed by atoms with van der Waals surface area (Å²) in [4.78, 5) is 1.47. The number of benzene rings is 1. The molecule has 0 amide bonds. The first-order chi connectivity index (χ1) is 8.54. The summed E-state index contributed by atoms with van der Waals surface area (Å²) in [5.74, 6) is 1.29. The molecule has 1 aliphatic rings. The van der Waals surface area contributed by atoms with E-state index in [0.717, 1.165) is 6.54 Å². The van der Waals surface area contributed by atoms with Crippen molar-refractivity contribution < 1.29 is 0 Å². The van der Waals surface area contributed by atoms with Gasteiger partial charge >= 0.3 is 0 Å². The third kappa shape index (κ3) is 2.60. The van der Waals surface area contributed by atoms with E-state index in [1.54, 1.807) is 0 Å². The minimum atomic E-state index is 0.514. The monoisotopic (exact) mass is 263 g/mol. The third-order valence-corrected chi connectivity index (χ3v) is 5.47. The molecule has 0 saturated heterocycles. The zero-order valence-corrected chi connectivity index (χ0v) is 13.0. The molecule has 0 bridgehead atoms. The summed E-state index contributed by atoms with van der Waals surface area (Å²) in [6, 6.07) is 7.55. The SMILES string of the molecule is CCNC1c2cc(C(C)C)ccc2SC(C)C1C. The molecule has 0 saturated carbocycles. The summed E-state index contributed by atoms with van der Waals surface area (Å²) in [6.07, 6.45) is 0. The molecule has 0 radical (unpaired) electrons. The van der Waals surface area contributed by atoms with Crippen LogP contribution in [0.5, 0.6) is 0 Å². The molecule has 3 atom stereocenters. The lowest BCUT2D eigenvalue weighted by molar-refractivity contribution is 0.379. The van der Waals surface area contributed by atoms with Gasteiger partial charge < -0.3 is 5.32 Å². The highest BCUT2D eigenvalue weighted by Gasteiger charge is 2.31. The van der Waals surface area contributed by atoms with Gasteiger partial charge in [0.1, 0.15) is 0 Å². The first kappa shape index (κ1) is 14.0. The van der Waals surface area contributed by atoms with Crippen LogP contribution in [0, 0.1) is 5.92 Å². The van der Waals surface area contributed by atoms with Crippen molar-refractivity contribution in [1.29, 1.82) is 0 Å². The van der Waals surface area contributed by atoms with Crippen LogP contribution >= 0.6 is 11.8 Å². The first-order valence-electron chi connectivity index (χ1n) is 7.08. The number of hydrogen-bond acceptors (Lipinski definition) is 2. The van der Waals surface area contributed by atoms with Crippen molar-refractivity contribution in [3.63, 3.8) is 0 Å². The van der Waals surface area contributed by atoms with Gasteiger partial charge in [-0.1, -0.05) is 46.8 Å². The van der Waals surface area contributed by atoms with Gasteiger partial charge in [0, 0.05) is 16.2 Å². The fraction of sp³-hybridized carbons (Fsp3) is 0.625. The molecule has 0 aromatic heterocycles. The Bertz CT molecular complexity index is 414. The highest BCUT2D eigenvalue weighted by Crippen LogP contribution is 2.44. The zero-order chi connectivity index (χ0) is 13.3. The Kier molecular flexibility index (Phi) is 4.39. The van der Waals surface area contributed by atoms with Crippen molar-refractivity contribution in [2.75, 3.05) is 6.54 Å². The minimum absolute atomic E-state index is 0.514. The molecule has 1 nitrogen and oxygen atoms in total. The standard InChI is InChI=1S/C16H25NS/c1-6-17-16-11(4)12(5)18-15-8-7-13(10(2)3)9-14(15)16/h7-12,16-17H,6H2,1-5H3. The lowest BCUT2D eigenvalue weighted by atomic mass is 9.89. The summed E-state index contributed by atoms with van der Waals surface area (Å²) in [5, 5.41) is 4.36. The van der Waals surface area contributed by atoms with Crippen LogP contribution in [0.4, 0.5) is 0 Å². The molecule has 2 rings (SSSR count). The number of rotatable bonds is 3. The van der Waals surface area contributed by atoms with E-state index < -0.39 is 0 Å². The molecule has 18 heavy (non-hydrogen) atoms. The van der Waals surface area contributed by atoms with Gasteiger partial charge in [-0.3, -0.25) is 0 Å². The predicted molar refractivity (Wildman–Crippen MR) is 81.4 cm³/mol. The summed E-state index contributed by atoms with van der Waals surface area (Å²) in [6.45, 7) is 12.5. The normalized spacial score (nSPS) is 27.3. The minimum Gasteiger partial charge on any atom is -0.310 e.